The van der Waals surface area contributed by atoms with E-state index < -0.39 is 5.97 Å². The number of carbonyl (C=O) groups is 1. The van der Waals surface area contributed by atoms with Crippen LogP contribution in [0, 0.1) is 6.92 Å². The van der Waals surface area contributed by atoms with Gasteiger partial charge in [0.2, 0.25) is 0 Å². The Bertz CT molecular complexity index is 574. The Morgan fingerprint density at radius 3 is 2.44 bits per heavy atom. The first kappa shape index (κ1) is 12.2. The number of hydrogen-bond donors (Lipinski definition) is 2. The largest absolute Gasteiger partial charge is 0.481 e. The van der Waals surface area contributed by atoms with Gasteiger partial charge >= 0.3 is 5.97 Å². The molecule has 0 unspecified atom stereocenters. The number of nitrogens with two attached hydrogens (primary N) is 1. The van der Waals surface area contributed by atoms with Crippen molar-refractivity contribution in [1.29, 1.82) is 0 Å². The van der Waals surface area contributed by atoms with E-state index in [-0.39, 0.29) is 6.42 Å². The predicted octanol–water partition coefficient (Wildman–Crippen LogP) is 2.87. The van der Waals surface area contributed by atoms with Gasteiger partial charge in [0.1, 0.15) is 0 Å². The fourth-order valence-electron chi connectivity index (χ4n) is 1.93. The van der Waals surface area contributed by atoms with Crippen LogP contribution in [0.4, 0.5) is 5.69 Å². The summed E-state index contributed by atoms with van der Waals surface area (Å²) in [5.74, 6) is -0.817. The van der Waals surface area contributed by atoms with Crippen molar-refractivity contribution in [3.05, 3.63) is 53.6 Å². The van der Waals surface area contributed by atoms with Crippen molar-refractivity contribution in [3.8, 4) is 11.1 Å². The SMILES string of the molecule is Cc1ccc(N)cc1-c1ccc(CC(=O)O)cc1. The van der Waals surface area contributed by atoms with Gasteiger partial charge in [-0.15, -0.1) is 0 Å². The average Bonchev–Trinajstić information content (AvgIpc) is 2.33. The summed E-state index contributed by atoms with van der Waals surface area (Å²) in [6.07, 6.45) is 0.0518. The Kier molecular flexibility index (Phi) is 3.33. The highest BCUT2D eigenvalue weighted by molar-refractivity contribution is 5.73. The van der Waals surface area contributed by atoms with Crippen LogP contribution in [0.1, 0.15) is 11.1 Å². The number of aryl methyl sites for hydroxylation is 1. The smallest absolute Gasteiger partial charge is 0.307 e. The van der Waals surface area contributed by atoms with Crippen molar-refractivity contribution in [2.75, 3.05) is 5.73 Å². The van der Waals surface area contributed by atoms with Crippen LogP contribution < -0.4 is 5.73 Å². The van der Waals surface area contributed by atoms with Gasteiger partial charge in [0.05, 0.1) is 6.42 Å². The van der Waals surface area contributed by atoms with Crippen LogP contribution in [0.2, 0.25) is 0 Å². The number of carboxylic acid groups (broad SMARTS) is 1. The molecule has 0 saturated heterocycles. The summed E-state index contributed by atoms with van der Waals surface area (Å²) in [6, 6.07) is 13.3. The third kappa shape index (κ3) is 2.69. The molecule has 0 spiro atoms. The van der Waals surface area contributed by atoms with Crippen molar-refractivity contribution in [2.45, 2.75) is 13.3 Å². The molecule has 3 nitrogen and oxygen atoms in total. The number of hydrogen-bond acceptors (Lipinski definition) is 2. The van der Waals surface area contributed by atoms with Gasteiger partial charge in [-0.3, -0.25) is 4.79 Å². The van der Waals surface area contributed by atoms with Gasteiger partial charge in [0.25, 0.3) is 0 Å². The topological polar surface area (TPSA) is 63.3 Å². The third-order valence-electron chi connectivity index (χ3n) is 2.88. The normalized spacial score (nSPS) is 10.3. The first-order chi connectivity index (χ1) is 8.56. The summed E-state index contributed by atoms with van der Waals surface area (Å²) in [6.45, 7) is 2.03. The van der Waals surface area contributed by atoms with Gasteiger partial charge in [-0.05, 0) is 41.3 Å². The van der Waals surface area contributed by atoms with Gasteiger partial charge in [0.15, 0.2) is 0 Å². The van der Waals surface area contributed by atoms with E-state index in [0.717, 1.165) is 27.9 Å². The summed E-state index contributed by atoms with van der Waals surface area (Å²) in [5, 5.41) is 8.72. The van der Waals surface area contributed by atoms with E-state index in [4.69, 9.17) is 10.8 Å². The van der Waals surface area contributed by atoms with E-state index in [9.17, 15) is 4.79 Å². The fourth-order valence-corrected chi connectivity index (χ4v) is 1.93. The molecular weight excluding hydrogens is 226 g/mol. The lowest BCUT2D eigenvalue weighted by atomic mass is 9.98. The first-order valence-electron chi connectivity index (χ1n) is 5.73. The van der Waals surface area contributed by atoms with Crippen LogP contribution >= 0.6 is 0 Å². The molecule has 0 aromatic heterocycles. The van der Waals surface area contributed by atoms with Crippen molar-refractivity contribution < 1.29 is 9.90 Å². The number of nitrogen functional groups attached to an aromatic ring is 1. The van der Waals surface area contributed by atoms with E-state index >= 15 is 0 Å². The molecule has 0 heterocycles. The van der Waals surface area contributed by atoms with Crippen molar-refractivity contribution >= 4 is 11.7 Å². The Labute approximate surface area is 106 Å². The standard InChI is InChI=1S/C15H15NO2/c1-10-2-7-13(16)9-14(10)12-5-3-11(4-6-12)8-15(17)18/h2-7,9H,8,16H2,1H3,(H,17,18). The molecule has 0 radical (unpaired) electrons. The molecule has 0 amide bonds. The molecule has 3 N–H and O–H groups in total. The zero-order chi connectivity index (χ0) is 13.1. The number of anilines is 1. The molecular formula is C15H15NO2. The minimum atomic E-state index is -0.817. The van der Waals surface area contributed by atoms with E-state index in [1.54, 1.807) is 0 Å². The second-order valence-electron chi connectivity index (χ2n) is 4.34. The Balaban J connectivity index is 2.34. The second-order valence-corrected chi connectivity index (χ2v) is 4.34. The minimum Gasteiger partial charge on any atom is -0.481 e. The maximum atomic E-state index is 10.6. The molecule has 0 aliphatic heterocycles. The van der Waals surface area contributed by atoms with Crippen molar-refractivity contribution in [3.63, 3.8) is 0 Å². The number of aliphatic carboxylic acids is 1. The maximum Gasteiger partial charge on any atom is 0.307 e. The van der Waals surface area contributed by atoms with Gasteiger partial charge in [-0.1, -0.05) is 30.3 Å². The number of rotatable bonds is 3. The molecule has 2 rings (SSSR count). The third-order valence-corrected chi connectivity index (χ3v) is 2.88. The summed E-state index contributed by atoms with van der Waals surface area (Å²) < 4.78 is 0. The van der Waals surface area contributed by atoms with Crippen molar-refractivity contribution in [2.24, 2.45) is 0 Å². The highest BCUT2D eigenvalue weighted by Crippen LogP contribution is 2.25. The van der Waals surface area contributed by atoms with E-state index in [1.165, 1.54) is 0 Å². The van der Waals surface area contributed by atoms with E-state index in [0.29, 0.717) is 0 Å². The molecule has 0 atom stereocenters. The first-order valence-corrected chi connectivity index (χ1v) is 5.73. The molecule has 92 valence electrons. The molecule has 0 aliphatic rings. The molecule has 0 fully saturated rings. The molecule has 3 heteroatoms. The molecule has 0 bridgehead atoms. The van der Waals surface area contributed by atoms with Gasteiger partial charge < -0.3 is 10.8 Å². The Morgan fingerprint density at radius 2 is 1.83 bits per heavy atom. The lowest BCUT2D eigenvalue weighted by molar-refractivity contribution is -0.136. The fraction of sp³-hybridized carbons (Fsp3) is 0.133. The Morgan fingerprint density at radius 1 is 1.17 bits per heavy atom. The van der Waals surface area contributed by atoms with Gasteiger partial charge in [0, 0.05) is 5.69 Å². The Hall–Kier alpha value is -2.29. The van der Waals surface area contributed by atoms with Gasteiger partial charge in [-0.25, -0.2) is 0 Å². The van der Waals surface area contributed by atoms with Crippen LogP contribution in [0.5, 0.6) is 0 Å². The minimum absolute atomic E-state index is 0.0518. The zero-order valence-corrected chi connectivity index (χ0v) is 10.2. The number of carboxylic acids is 1. The lowest BCUT2D eigenvalue weighted by Gasteiger charge is -2.08. The predicted molar refractivity (Wildman–Crippen MR) is 72.4 cm³/mol. The quantitative estimate of drug-likeness (QED) is 0.812. The van der Waals surface area contributed by atoms with E-state index in [2.05, 4.69) is 0 Å². The molecule has 0 aliphatic carbocycles. The maximum absolute atomic E-state index is 10.6. The summed E-state index contributed by atoms with van der Waals surface area (Å²) >= 11 is 0. The molecule has 0 saturated carbocycles. The van der Waals surface area contributed by atoms with Crippen LogP contribution in [0.15, 0.2) is 42.5 Å². The zero-order valence-electron chi connectivity index (χ0n) is 10.2. The van der Waals surface area contributed by atoms with E-state index in [1.807, 2.05) is 49.4 Å². The number of benzene rings is 2. The van der Waals surface area contributed by atoms with Crippen LogP contribution in [-0.4, -0.2) is 11.1 Å². The lowest BCUT2D eigenvalue weighted by Crippen LogP contribution is -1.99. The molecule has 18 heavy (non-hydrogen) atoms. The highest BCUT2D eigenvalue weighted by Gasteiger charge is 2.04. The summed E-state index contributed by atoms with van der Waals surface area (Å²) in [5.41, 5.74) is 10.6. The second kappa shape index (κ2) is 4.92. The highest BCUT2D eigenvalue weighted by atomic mass is 16.4. The monoisotopic (exact) mass is 241 g/mol. The van der Waals surface area contributed by atoms with Crippen LogP contribution in [-0.2, 0) is 11.2 Å². The molecule has 2 aromatic carbocycles. The average molecular weight is 241 g/mol. The van der Waals surface area contributed by atoms with Gasteiger partial charge in [-0.2, -0.15) is 0 Å². The summed E-state index contributed by atoms with van der Waals surface area (Å²) in [4.78, 5) is 10.6. The molecule has 2 aromatic rings. The van der Waals surface area contributed by atoms with Crippen LogP contribution in [0.3, 0.4) is 0 Å². The summed E-state index contributed by atoms with van der Waals surface area (Å²) in [7, 11) is 0. The van der Waals surface area contributed by atoms with Crippen molar-refractivity contribution in [1.82, 2.24) is 0 Å². The van der Waals surface area contributed by atoms with Crippen LogP contribution in [0.25, 0.3) is 11.1 Å².